The van der Waals surface area contributed by atoms with Gasteiger partial charge >= 0.3 is 5.97 Å². The Morgan fingerprint density at radius 1 is 1.35 bits per heavy atom. The molecule has 0 unspecified atom stereocenters. The van der Waals surface area contributed by atoms with Gasteiger partial charge in [0.1, 0.15) is 0 Å². The van der Waals surface area contributed by atoms with Gasteiger partial charge in [-0.15, -0.1) is 0 Å². The molecule has 2 heterocycles. The number of rotatable bonds is 1. The van der Waals surface area contributed by atoms with Gasteiger partial charge in [0.15, 0.2) is 0 Å². The second-order valence-electron chi connectivity index (χ2n) is 4.21. The number of methoxy groups -OCH3 is 1. The van der Waals surface area contributed by atoms with Gasteiger partial charge < -0.3 is 9.30 Å². The quantitative estimate of drug-likeness (QED) is 0.701. The van der Waals surface area contributed by atoms with E-state index < -0.39 is 0 Å². The molecular formula is C14H13NO2. The van der Waals surface area contributed by atoms with Crippen LogP contribution in [0.25, 0.3) is 11.3 Å². The molecule has 1 aliphatic rings. The molecule has 0 amide bonds. The van der Waals surface area contributed by atoms with Crippen LogP contribution in [0.5, 0.6) is 0 Å². The van der Waals surface area contributed by atoms with Gasteiger partial charge in [-0.3, -0.25) is 0 Å². The Bertz CT molecular complexity index is 584. The second-order valence-corrected chi connectivity index (χ2v) is 4.21. The summed E-state index contributed by atoms with van der Waals surface area (Å²) in [5.41, 5.74) is 4.29. The molecule has 1 aromatic heterocycles. The van der Waals surface area contributed by atoms with E-state index in [1.54, 1.807) is 0 Å². The van der Waals surface area contributed by atoms with Crippen LogP contribution in [0.3, 0.4) is 0 Å². The van der Waals surface area contributed by atoms with Gasteiger partial charge in [0, 0.05) is 24.0 Å². The summed E-state index contributed by atoms with van der Waals surface area (Å²) in [6.07, 6.45) is 2.88. The third kappa shape index (κ3) is 1.55. The van der Waals surface area contributed by atoms with Crippen LogP contribution >= 0.6 is 0 Å². The van der Waals surface area contributed by atoms with E-state index >= 15 is 0 Å². The van der Waals surface area contributed by atoms with Gasteiger partial charge in [0.25, 0.3) is 0 Å². The van der Waals surface area contributed by atoms with E-state index in [-0.39, 0.29) is 5.97 Å². The summed E-state index contributed by atoms with van der Waals surface area (Å²) in [7, 11) is 1.41. The Labute approximate surface area is 99.6 Å². The molecule has 3 heteroatoms. The zero-order valence-corrected chi connectivity index (χ0v) is 9.64. The summed E-state index contributed by atoms with van der Waals surface area (Å²) in [6, 6.07) is 10.2. The minimum atomic E-state index is -0.274. The molecule has 0 spiro atoms. The average Bonchev–Trinajstić information content (AvgIpc) is 2.82. The zero-order valence-electron chi connectivity index (χ0n) is 9.64. The maximum atomic E-state index is 11.5. The average molecular weight is 227 g/mol. The van der Waals surface area contributed by atoms with Crippen molar-refractivity contribution < 1.29 is 9.53 Å². The molecule has 1 aromatic carbocycles. The highest BCUT2D eigenvalue weighted by atomic mass is 16.5. The Kier molecular flexibility index (Phi) is 2.25. The van der Waals surface area contributed by atoms with Crippen molar-refractivity contribution in [3.05, 3.63) is 47.7 Å². The molecule has 86 valence electrons. The van der Waals surface area contributed by atoms with E-state index in [1.165, 1.54) is 18.2 Å². The van der Waals surface area contributed by atoms with Gasteiger partial charge in [-0.25, -0.2) is 4.79 Å². The molecule has 3 rings (SSSR count). The topological polar surface area (TPSA) is 31.2 Å². The van der Waals surface area contributed by atoms with Crippen LogP contribution in [0.1, 0.15) is 15.9 Å². The van der Waals surface area contributed by atoms with Crippen molar-refractivity contribution in [1.82, 2.24) is 4.57 Å². The van der Waals surface area contributed by atoms with Crippen LogP contribution in [-0.4, -0.2) is 17.6 Å². The predicted octanol–water partition coefficient (Wildman–Crippen LogP) is 2.50. The SMILES string of the molecule is COC(=O)c1cc2n(c1)CCc1ccccc1-2. The molecule has 0 aliphatic carbocycles. The Morgan fingerprint density at radius 2 is 2.18 bits per heavy atom. The first-order valence-electron chi connectivity index (χ1n) is 5.66. The van der Waals surface area contributed by atoms with E-state index in [2.05, 4.69) is 22.8 Å². The maximum absolute atomic E-state index is 11.5. The van der Waals surface area contributed by atoms with E-state index in [0.29, 0.717) is 5.56 Å². The molecule has 2 aromatic rings. The van der Waals surface area contributed by atoms with Crippen LogP contribution in [0.15, 0.2) is 36.5 Å². The van der Waals surface area contributed by atoms with Crippen molar-refractivity contribution in [3.8, 4) is 11.3 Å². The van der Waals surface area contributed by atoms with Crippen molar-refractivity contribution in [2.45, 2.75) is 13.0 Å². The maximum Gasteiger partial charge on any atom is 0.339 e. The van der Waals surface area contributed by atoms with E-state index in [4.69, 9.17) is 4.74 Å². The minimum absolute atomic E-state index is 0.274. The molecule has 3 nitrogen and oxygen atoms in total. The zero-order chi connectivity index (χ0) is 11.8. The molecule has 1 aliphatic heterocycles. The van der Waals surface area contributed by atoms with Crippen LogP contribution in [-0.2, 0) is 17.7 Å². The smallest absolute Gasteiger partial charge is 0.339 e. The Hall–Kier alpha value is -2.03. The molecule has 0 bridgehead atoms. The third-order valence-electron chi connectivity index (χ3n) is 3.23. The highest BCUT2D eigenvalue weighted by Gasteiger charge is 2.19. The fourth-order valence-corrected chi connectivity index (χ4v) is 2.38. The first kappa shape index (κ1) is 10.1. The number of fused-ring (bicyclic) bond motifs is 3. The minimum Gasteiger partial charge on any atom is -0.465 e. The summed E-state index contributed by atoms with van der Waals surface area (Å²) in [5.74, 6) is -0.274. The summed E-state index contributed by atoms with van der Waals surface area (Å²) in [5, 5.41) is 0. The van der Waals surface area contributed by atoms with Crippen LogP contribution in [0.4, 0.5) is 0 Å². The monoisotopic (exact) mass is 227 g/mol. The fraction of sp³-hybridized carbons (Fsp3) is 0.214. The lowest BCUT2D eigenvalue weighted by Crippen LogP contribution is -2.09. The van der Waals surface area contributed by atoms with Crippen LogP contribution in [0, 0.1) is 0 Å². The largest absolute Gasteiger partial charge is 0.465 e. The number of aryl methyl sites for hydroxylation is 2. The number of hydrogen-bond acceptors (Lipinski definition) is 2. The van der Waals surface area contributed by atoms with Gasteiger partial charge in [-0.2, -0.15) is 0 Å². The second kappa shape index (κ2) is 3.77. The lowest BCUT2D eigenvalue weighted by molar-refractivity contribution is 0.0600. The molecular weight excluding hydrogens is 214 g/mol. The van der Waals surface area contributed by atoms with Crippen molar-refractivity contribution in [1.29, 1.82) is 0 Å². The lowest BCUT2D eigenvalue weighted by atomic mass is 9.99. The molecule has 0 atom stereocenters. The standard InChI is InChI=1S/C14H13NO2/c1-17-14(16)11-8-13-12-5-3-2-4-10(12)6-7-15(13)9-11/h2-5,8-9H,6-7H2,1H3. The summed E-state index contributed by atoms with van der Waals surface area (Å²) >= 11 is 0. The lowest BCUT2D eigenvalue weighted by Gasteiger charge is -2.18. The van der Waals surface area contributed by atoms with Gasteiger partial charge in [-0.05, 0) is 18.1 Å². The first-order chi connectivity index (χ1) is 8.29. The van der Waals surface area contributed by atoms with Crippen molar-refractivity contribution in [2.24, 2.45) is 0 Å². The number of aromatic nitrogens is 1. The van der Waals surface area contributed by atoms with Crippen LogP contribution < -0.4 is 0 Å². The number of esters is 1. The number of hydrogen-bond donors (Lipinski definition) is 0. The first-order valence-corrected chi connectivity index (χ1v) is 5.66. The molecule has 0 N–H and O–H groups in total. The number of nitrogens with zero attached hydrogens (tertiary/aromatic N) is 1. The fourth-order valence-electron chi connectivity index (χ4n) is 2.38. The Morgan fingerprint density at radius 3 is 3.00 bits per heavy atom. The number of benzene rings is 1. The van der Waals surface area contributed by atoms with Crippen LogP contribution in [0.2, 0.25) is 0 Å². The highest BCUT2D eigenvalue weighted by Crippen LogP contribution is 2.30. The van der Waals surface area contributed by atoms with Gasteiger partial charge in [0.2, 0.25) is 0 Å². The summed E-state index contributed by atoms with van der Waals surface area (Å²) in [4.78, 5) is 11.5. The molecule has 0 radical (unpaired) electrons. The third-order valence-corrected chi connectivity index (χ3v) is 3.23. The van der Waals surface area contributed by atoms with E-state index in [0.717, 1.165) is 18.7 Å². The van der Waals surface area contributed by atoms with Crippen molar-refractivity contribution in [3.63, 3.8) is 0 Å². The predicted molar refractivity (Wildman–Crippen MR) is 64.9 cm³/mol. The van der Waals surface area contributed by atoms with E-state index in [9.17, 15) is 4.79 Å². The van der Waals surface area contributed by atoms with Gasteiger partial charge in [0.05, 0.1) is 12.7 Å². The van der Waals surface area contributed by atoms with Crippen molar-refractivity contribution in [2.75, 3.05) is 7.11 Å². The summed E-state index contributed by atoms with van der Waals surface area (Å²) < 4.78 is 6.87. The summed E-state index contributed by atoms with van der Waals surface area (Å²) in [6.45, 7) is 0.920. The highest BCUT2D eigenvalue weighted by molar-refractivity contribution is 5.91. The van der Waals surface area contributed by atoms with Gasteiger partial charge in [-0.1, -0.05) is 24.3 Å². The molecule has 17 heavy (non-hydrogen) atoms. The number of ether oxygens (including phenoxy) is 1. The number of carbonyl (C=O) groups excluding carboxylic acids is 1. The normalized spacial score (nSPS) is 12.8. The molecule has 0 saturated heterocycles. The van der Waals surface area contributed by atoms with E-state index in [1.807, 2.05) is 18.3 Å². The van der Waals surface area contributed by atoms with Crippen molar-refractivity contribution >= 4 is 5.97 Å². The molecule has 0 fully saturated rings. The Balaban J connectivity index is 2.13. The number of carbonyl (C=O) groups is 1. The molecule has 0 saturated carbocycles.